The van der Waals surface area contributed by atoms with Crippen LogP contribution in [0.25, 0.3) is 0 Å². The molecule has 2 nitrogen and oxygen atoms in total. The van der Waals surface area contributed by atoms with Crippen molar-refractivity contribution in [3.8, 4) is 0 Å². The Morgan fingerprint density at radius 2 is 1.84 bits per heavy atom. The average molecular weight is 290 g/mol. The van der Waals surface area contributed by atoms with Crippen LogP contribution in [0.1, 0.15) is 40.2 Å². The van der Waals surface area contributed by atoms with Crippen LogP contribution < -0.4 is 5.32 Å². The molecule has 0 amide bonds. The molecule has 19 heavy (non-hydrogen) atoms. The number of rotatable bonds is 3. The van der Waals surface area contributed by atoms with Crippen LogP contribution in [0.4, 0.5) is 4.39 Å². The molecule has 0 aliphatic heterocycles. The lowest BCUT2D eigenvalue weighted by Crippen LogP contribution is -2.15. The molecule has 4 heteroatoms. The van der Waals surface area contributed by atoms with Gasteiger partial charge in [0.2, 0.25) is 0 Å². The van der Waals surface area contributed by atoms with E-state index in [1.165, 1.54) is 19.1 Å². The van der Waals surface area contributed by atoms with Gasteiger partial charge >= 0.3 is 0 Å². The standard InChI is InChI=1S/C9H8ClFO.C4H11N.C2H6/c1-6(12)4-7-2-3-8(10)5-9(7)11;1-4(2)5-3;1-2/h2-3,5H,4H2,1H3;4-5H,1-3H3;1-2H3. The highest BCUT2D eigenvalue weighted by molar-refractivity contribution is 6.30. The molecule has 0 bridgehead atoms. The van der Waals surface area contributed by atoms with Crippen molar-refractivity contribution in [2.75, 3.05) is 7.05 Å². The van der Waals surface area contributed by atoms with Gasteiger partial charge in [-0.25, -0.2) is 4.39 Å². The van der Waals surface area contributed by atoms with E-state index in [2.05, 4.69) is 19.2 Å². The summed E-state index contributed by atoms with van der Waals surface area (Å²) in [5, 5.41) is 3.37. The fraction of sp³-hybridized carbons (Fsp3) is 0.533. The van der Waals surface area contributed by atoms with E-state index in [0.29, 0.717) is 16.6 Å². The number of halogens is 2. The van der Waals surface area contributed by atoms with Crippen molar-refractivity contribution < 1.29 is 9.18 Å². The zero-order valence-corrected chi connectivity index (χ0v) is 13.4. The van der Waals surface area contributed by atoms with E-state index < -0.39 is 5.82 Å². The zero-order chi connectivity index (χ0) is 15.4. The molecule has 0 aliphatic rings. The van der Waals surface area contributed by atoms with Gasteiger partial charge in [0.05, 0.1) is 0 Å². The molecule has 0 fully saturated rings. The van der Waals surface area contributed by atoms with Crippen LogP contribution in [-0.4, -0.2) is 18.9 Å². The molecule has 0 atom stereocenters. The minimum atomic E-state index is -0.419. The summed E-state index contributed by atoms with van der Waals surface area (Å²) in [5.74, 6) is -0.478. The molecular formula is C15H25ClFNO. The summed E-state index contributed by atoms with van der Waals surface area (Å²) in [6.45, 7) is 9.65. The Morgan fingerprint density at radius 3 is 2.16 bits per heavy atom. The minimum absolute atomic E-state index is 0.0591. The molecule has 1 aromatic carbocycles. The number of carbonyl (C=O) groups excluding carboxylic acids is 1. The van der Waals surface area contributed by atoms with Crippen molar-refractivity contribution in [2.45, 2.75) is 47.1 Å². The molecule has 110 valence electrons. The summed E-state index contributed by atoms with van der Waals surface area (Å²) in [5.41, 5.74) is 0.395. The highest BCUT2D eigenvalue weighted by atomic mass is 35.5. The second kappa shape index (κ2) is 12.1. The van der Waals surface area contributed by atoms with Gasteiger partial charge in [-0.05, 0) is 31.7 Å². The second-order valence-corrected chi connectivity index (χ2v) is 4.49. The number of ketones is 1. The topological polar surface area (TPSA) is 29.1 Å². The largest absolute Gasteiger partial charge is 0.318 e. The monoisotopic (exact) mass is 289 g/mol. The predicted octanol–water partition coefficient (Wildman–Crippen LogP) is 4.25. The molecule has 0 aliphatic carbocycles. The van der Waals surface area contributed by atoms with E-state index in [1.54, 1.807) is 6.07 Å². The zero-order valence-electron chi connectivity index (χ0n) is 12.7. The Bertz CT molecular complexity index is 367. The molecule has 0 saturated carbocycles. The van der Waals surface area contributed by atoms with Gasteiger partial charge in [0.25, 0.3) is 0 Å². The van der Waals surface area contributed by atoms with E-state index in [-0.39, 0.29) is 12.2 Å². The normalized spacial score (nSPS) is 9.11. The Kier molecular flexibility index (Phi) is 13.0. The highest BCUT2D eigenvalue weighted by Crippen LogP contribution is 2.14. The first-order valence-corrected chi connectivity index (χ1v) is 6.85. The van der Waals surface area contributed by atoms with E-state index >= 15 is 0 Å². The van der Waals surface area contributed by atoms with Gasteiger partial charge in [-0.1, -0.05) is 45.4 Å². The van der Waals surface area contributed by atoms with E-state index in [9.17, 15) is 9.18 Å². The van der Waals surface area contributed by atoms with E-state index in [4.69, 9.17) is 11.6 Å². The summed E-state index contributed by atoms with van der Waals surface area (Å²) < 4.78 is 13.0. The van der Waals surface area contributed by atoms with Crippen LogP contribution in [0.5, 0.6) is 0 Å². The molecule has 1 rings (SSSR count). The van der Waals surface area contributed by atoms with Gasteiger partial charge < -0.3 is 5.32 Å². The van der Waals surface area contributed by atoms with Crippen molar-refractivity contribution in [3.05, 3.63) is 34.6 Å². The number of Topliss-reactive ketones (excluding diaryl/α,β-unsaturated/α-hetero) is 1. The fourth-order valence-electron chi connectivity index (χ4n) is 0.933. The first-order chi connectivity index (χ1) is 8.86. The second-order valence-electron chi connectivity index (χ2n) is 4.06. The number of hydrogen-bond donors (Lipinski definition) is 1. The fourth-order valence-corrected chi connectivity index (χ4v) is 1.09. The lowest BCUT2D eigenvalue weighted by Gasteiger charge is -1.99. The summed E-state index contributed by atoms with van der Waals surface area (Å²) in [6, 6.07) is 4.94. The Labute approximate surface area is 121 Å². The molecule has 0 spiro atoms. The van der Waals surface area contributed by atoms with Gasteiger partial charge in [-0.2, -0.15) is 0 Å². The summed E-state index contributed by atoms with van der Waals surface area (Å²) in [7, 11) is 1.95. The van der Waals surface area contributed by atoms with Gasteiger partial charge in [-0.15, -0.1) is 0 Å². The first-order valence-electron chi connectivity index (χ1n) is 6.47. The third kappa shape index (κ3) is 11.9. The number of nitrogens with one attached hydrogen (secondary N) is 1. The van der Waals surface area contributed by atoms with Crippen LogP contribution in [0.2, 0.25) is 5.02 Å². The summed E-state index contributed by atoms with van der Waals surface area (Å²) in [6.07, 6.45) is 0.128. The van der Waals surface area contributed by atoms with Gasteiger partial charge in [-0.3, -0.25) is 4.79 Å². The Hall–Kier alpha value is -0.930. The Morgan fingerprint density at radius 1 is 1.37 bits per heavy atom. The molecule has 1 N–H and O–H groups in total. The lowest BCUT2D eigenvalue weighted by molar-refractivity contribution is -0.116. The molecule has 1 aromatic rings. The SMILES string of the molecule is CC.CC(=O)Cc1ccc(Cl)cc1F.CNC(C)C. The molecule has 0 aromatic heterocycles. The van der Waals surface area contributed by atoms with E-state index in [1.807, 2.05) is 20.9 Å². The third-order valence-corrected chi connectivity index (χ3v) is 2.27. The van der Waals surface area contributed by atoms with Crippen molar-refractivity contribution in [1.29, 1.82) is 0 Å². The van der Waals surface area contributed by atoms with Crippen molar-refractivity contribution in [1.82, 2.24) is 5.32 Å². The summed E-state index contributed by atoms with van der Waals surface area (Å²) >= 11 is 5.53. The van der Waals surface area contributed by atoms with Crippen molar-refractivity contribution >= 4 is 17.4 Å². The van der Waals surface area contributed by atoms with Crippen LogP contribution in [-0.2, 0) is 11.2 Å². The lowest BCUT2D eigenvalue weighted by atomic mass is 10.1. The van der Waals surface area contributed by atoms with Crippen LogP contribution in [0.3, 0.4) is 0 Å². The van der Waals surface area contributed by atoms with Crippen molar-refractivity contribution in [3.63, 3.8) is 0 Å². The molecule has 0 unspecified atom stereocenters. The maximum atomic E-state index is 13.0. The quantitative estimate of drug-likeness (QED) is 0.901. The Balaban J connectivity index is 0. The number of carbonyl (C=O) groups is 1. The predicted molar refractivity (Wildman–Crippen MR) is 81.3 cm³/mol. The third-order valence-electron chi connectivity index (χ3n) is 2.03. The molecule has 0 heterocycles. The first kappa shape index (κ1) is 20.4. The average Bonchev–Trinajstić information content (AvgIpc) is 2.35. The number of benzene rings is 1. The maximum Gasteiger partial charge on any atom is 0.134 e. The van der Waals surface area contributed by atoms with Gasteiger partial charge in [0.1, 0.15) is 11.6 Å². The summed E-state index contributed by atoms with van der Waals surface area (Å²) in [4.78, 5) is 10.7. The van der Waals surface area contributed by atoms with Gasteiger partial charge in [0, 0.05) is 17.5 Å². The molecular weight excluding hydrogens is 265 g/mol. The highest BCUT2D eigenvalue weighted by Gasteiger charge is 2.04. The van der Waals surface area contributed by atoms with Crippen LogP contribution >= 0.6 is 11.6 Å². The number of hydrogen-bond acceptors (Lipinski definition) is 2. The molecule has 0 radical (unpaired) electrons. The maximum absolute atomic E-state index is 13.0. The molecule has 0 saturated heterocycles. The van der Waals surface area contributed by atoms with E-state index in [0.717, 1.165) is 0 Å². The smallest absolute Gasteiger partial charge is 0.134 e. The minimum Gasteiger partial charge on any atom is -0.318 e. The van der Waals surface area contributed by atoms with Gasteiger partial charge in [0.15, 0.2) is 0 Å². The van der Waals surface area contributed by atoms with Crippen LogP contribution in [0.15, 0.2) is 18.2 Å². The van der Waals surface area contributed by atoms with Crippen LogP contribution in [0, 0.1) is 5.82 Å². The van der Waals surface area contributed by atoms with Crippen molar-refractivity contribution in [2.24, 2.45) is 0 Å².